The minimum atomic E-state index is -1.23. The second-order valence-electron chi connectivity index (χ2n) is 17.8. The molecule has 0 heterocycles. The number of carbonyl (C=O) groups is 6. The highest BCUT2D eigenvalue weighted by atomic mass is 16.6. The van der Waals surface area contributed by atoms with Crippen LogP contribution in [0.3, 0.4) is 0 Å². The van der Waals surface area contributed by atoms with E-state index in [0.717, 1.165) is 48.8 Å². The average Bonchev–Trinajstić information content (AvgIpc) is 3.15. The molecule has 2 aromatic rings. The Morgan fingerprint density at radius 1 is 0.700 bits per heavy atom. The predicted molar refractivity (Wildman–Crippen MR) is 234 cm³/mol. The summed E-state index contributed by atoms with van der Waals surface area (Å²) in [5.41, 5.74) is 2.73. The van der Waals surface area contributed by atoms with Crippen LogP contribution in [0.1, 0.15) is 139 Å². The molecule has 0 fully saturated rings. The van der Waals surface area contributed by atoms with E-state index in [1.54, 1.807) is 48.5 Å². The van der Waals surface area contributed by atoms with Crippen LogP contribution >= 0.6 is 0 Å². The summed E-state index contributed by atoms with van der Waals surface area (Å²) in [4.78, 5) is 80.4. The molecule has 0 aliphatic heterocycles. The van der Waals surface area contributed by atoms with Crippen LogP contribution in [-0.4, -0.2) is 87.6 Å². The van der Waals surface area contributed by atoms with Gasteiger partial charge in [0.15, 0.2) is 5.78 Å². The Balaban J connectivity index is 2.31. The van der Waals surface area contributed by atoms with Crippen molar-refractivity contribution in [1.82, 2.24) is 20.9 Å². The van der Waals surface area contributed by atoms with Gasteiger partial charge in [0, 0.05) is 32.4 Å². The molecule has 0 unspecified atom stereocenters. The Hall–Kier alpha value is -4.78. The molecule has 0 bridgehead atoms. The lowest BCUT2D eigenvalue weighted by atomic mass is 9.95. The first-order chi connectivity index (χ1) is 28.0. The summed E-state index contributed by atoms with van der Waals surface area (Å²) in [5.74, 6) is -4.33. The fourth-order valence-electron chi connectivity index (χ4n) is 6.66. The molecule has 0 aliphatic carbocycles. The number of aryl methyl sites for hydroxylation is 1. The Morgan fingerprint density at radius 3 is 1.77 bits per heavy atom. The van der Waals surface area contributed by atoms with E-state index < -0.39 is 76.9 Å². The Bertz CT molecular complexity index is 1700. The molecule has 2 aromatic carbocycles. The molecule has 0 aliphatic rings. The minimum Gasteiger partial charge on any atom is -0.480 e. The van der Waals surface area contributed by atoms with Gasteiger partial charge in [-0.15, -0.1) is 0 Å². The van der Waals surface area contributed by atoms with Gasteiger partial charge in [-0.3, -0.25) is 19.2 Å². The first-order valence-electron chi connectivity index (χ1n) is 21.5. The van der Waals surface area contributed by atoms with Gasteiger partial charge >= 0.3 is 12.1 Å². The number of nitrogens with one attached hydrogen (secondary N) is 3. The number of carboxylic acid groups (broad SMARTS) is 1. The zero-order valence-corrected chi connectivity index (χ0v) is 37.9. The number of ketones is 1. The molecule has 13 nitrogen and oxygen atoms in total. The van der Waals surface area contributed by atoms with Crippen LogP contribution in [0.5, 0.6) is 0 Å². The van der Waals surface area contributed by atoms with Crippen molar-refractivity contribution in [2.45, 2.75) is 176 Å². The molecular formula is C47H72N4O9. The monoisotopic (exact) mass is 837 g/mol. The number of nitrogens with zero attached hydrogens (tertiary/aromatic N) is 1. The van der Waals surface area contributed by atoms with Gasteiger partial charge < -0.3 is 35.4 Å². The van der Waals surface area contributed by atoms with Crippen molar-refractivity contribution in [1.29, 1.82) is 0 Å². The van der Waals surface area contributed by atoms with E-state index in [-0.39, 0.29) is 32.4 Å². The second-order valence-corrected chi connectivity index (χ2v) is 17.8. The summed E-state index contributed by atoms with van der Waals surface area (Å²) >= 11 is 0. The van der Waals surface area contributed by atoms with E-state index >= 15 is 0 Å². The molecule has 2 rings (SSSR count). The van der Waals surface area contributed by atoms with E-state index in [4.69, 9.17) is 9.47 Å². The maximum absolute atomic E-state index is 14.0. The van der Waals surface area contributed by atoms with Crippen molar-refractivity contribution >= 4 is 35.6 Å². The molecule has 334 valence electrons. The smallest absolute Gasteiger partial charge is 0.410 e. The van der Waals surface area contributed by atoms with Gasteiger partial charge in [-0.05, 0) is 96.4 Å². The van der Waals surface area contributed by atoms with Gasteiger partial charge in [-0.2, -0.15) is 0 Å². The van der Waals surface area contributed by atoms with Gasteiger partial charge in [0.05, 0.1) is 11.7 Å². The molecular weight excluding hydrogens is 765 g/mol. The van der Waals surface area contributed by atoms with Crippen LogP contribution in [-0.2, 0) is 46.4 Å². The highest BCUT2D eigenvalue weighted by molar-refractivity contribution is 5.95. The third-order valence-corrected chi connectivity index (χ3v) is 9.79. The van der Waals surface area contributed by atoms with E-state index in [2.05, 4.69) is 47.1 Å². The number of amides is 4. The third kappa shape index (κ3) is 19.1. The number of carboxylic acids is 1. The normalized spacial score (nSPS) is 14.2. The summed E-state index contributed by atoms with van der Waals surface area (Å²) in [5, 5.41) is 17.7. The first kappa shape index (κ1) is 51.4. The summed E-state index contributed by atoms with van der Waals surface area (Å²) in [6, 6.07) is 12.9. The molecule has 0 saturated heterocycles. The Labute approximate surface area is 358 Å². The largest absolute Gasteiger partial charge is 0.480 e. The van der Waals surface area contributed by atoms with Crippen LogP contribution in [0.25, 0.3) is 11.1 Å². The van der Waals surface area contributed by atoms with Crippen molar-refractivity contribution in [2.24, 2.45) is 5.92 Å². The molecule has 0 radical (unpaired) electrons. The molecule has 13 heteroatoms. The van der Waals surface area contributed by atoms with E-state index in [1.807, 2.05) is 31.2 Å². The molecule has 0 saturated carbocycles. The van der Waals surface area contributed by atoms with Crippen LogP contribution in [0.15, 0.2) is 48.5 Å². The molecule has 5 atom stereocenters. The highest BCUT2D eigenvalue weighted by Gasteiger charge is 2.35. The fraction of sp³-hybridized carbons (Fsp3) is 0.617. The summed E-state index contributed by atoms with van der Waals surface area (Å²) < 4.78 is 11.8. The van der Waals surface area contributed by atoms with Gasteiger partial charge in [-0.25, -0.2) is 9.59 Å². The van der Waals surface area contributed by atoms with Gasteiger partial charge in [0.2, 0.25) is 17.7 Å². The zero-order chi connectivity index (χ0) is 45.2. The number of ether oxygens (including phenoxy) is 2. The lowest BCUT2D eigenvalue weighted by molar-refractivity contribution is -0.143. The van der Waals surface area contributed by atoms with Gasteiger partial charge in [0.1, 0.15) is 23.7 Å². The first-order valence-corrected chi connectivity index (χ1v) is 21.5. The molecule has 0 aromatic heterocycles. The average molecular weight is 837 g/mol. The number of unbranched alkanes of at least 4 members (excludes halogenated alkanes) is 3. The number of benzene rings is 2. The predicted octanol–water partition coefficient (Wildman–Crippen LogP) is 7.76. The lowest BCUT2D eigenvalue weighted by Gasteiger charge is -2.32. The second kappa shape index (κ2) is 24.5. The fourth-order valence-corrected chi connectivity index (χ4v) is 6.66. The summed E-state index contributed by atoms with van der Waals surface area (Å²) in [6.07, 6.45) is 4.15. The quantitative estimate of drug-likeness (QED) is 0.0769. The zero-order valence-electron chi connectivity index (χ0n) is 37.9. The standard InChI is InChI=1S/C47H72N4O9/c1-12-14-16-18-39(44(56)57)49-42(54)31(3)29-40(53)41(32(4)59-46(6,7)8)50-43(55)38(48-33(5)52)27-28-51(45(58)60-47(9,10)11)30-35-21-25-37(26-22-35)36-23-19-34(20-24-36)17-15-13-2/h19-26,31-32,38-39,41H,12-18,27-30H2,1-11H3,(H,48,52)(H,49,54)(H,50,55)(H,56,57)/t31-,32-,38+,39+,41+/m1/s1. The van der Waals surface area contributed by atoms with Gasteiger partial charge in [-0.1, -0.05) is 95.0 Å². The van der Waals surface area contributed by atoms with Crippen LogP contribution in [0, 0.1) is 5.92 Å². The van der Waals surface area contributed by atoms with E-state index in [1.165, 1.54) is 24.3 Å². The van der Waals surface area contributed by atoms with Crippen molar-refractivity contribution < 1.29 is 43.3 Å². The van der Waals surface area contributed by atoms with E-state index in [9.17, 15) is 33.9 Å². The lowest BCUT2D eigenvalue weighted by Crippen LogP contribution is -2.56. The summed E-state index contributed by atoms with van der Waals surface area (Å²) in [6.45, 7) is 19.5. The Kier molecular flexibility index (Phi) is 20.9. The molecule has 4 N–H and O–H groups in total. The number of aliphatic carboxylic acids is 1. The minimum absolute atomic E-state index is 0.0150. The van der Waals surface area contributed by atoms with Crippen LogP contribution in [0.4, 0.5) is 4.79 Å². The number of Topliss-reactive ketones (excluding diaryl/α,β-unsaturated/α-hetero) is 1. The number of hydrogen-bond acceptors (Lipinski definition) is 8. The van der Waals surface area contributed by atoms with Crippen molar-refractivity contribution in [3.63, 3.8) is 0 Å². The van der Waals surface area contributed by atoms with Crippen molar-refractivity contribution in [3.8, 4) is 11.1 Å². The van der Waals surface area contributed by atoms with Gasteiger partial charge in [0.25, 0.3) is 0 Å². The Morgan fingerprint density at radius 2 is 1.27 bits per heavy atom. The maximum Gasteiger partial charge on any atom is 0.410 e. The number of rotatable bonds is 24. The third-order valence-electron chi connectivity index (χ3n) is 9.79. The number of carbonyl (C=O) groups excluding carboxylic acids is 5. The summed E-state index contributed by atoms with van der Waals surface area (Å²) in [7, 11) is 0. The highest BCUT2D eigenvalue weighted by Crippen LogP contribution is 2.23. The number of hydrogen-bond donors (Lipinski definition) is 4. The topological polar surface area (TPSA) is 180 Å². The SMILES string of the molecule is CCCCC[C@H](NC(=O)[C@H](C)CC(=O)[C@@H](NC(=O)[C@H](CCN(Cc1ccc(-c2ccc(CCCC)cc2)cc1)C(=O)OC(C)(C)C)NC(C)=O)[C@@H](C)OC(C)(C)C)C(=O)O. The van der Waals surface area contributed by atoms with Crippen LogP contribution < -0.4 is 16.0 Å². The molecule has 0 spiro atoms. The molecule has 4 amide bonds. The molecule has 60 heavy (non-hydrogen) atoms. The van der Waals surface area contributed by atoms with Crippen molar-refractivity contribution in [2.75, 3.05) is 6.54 Å². The van der Waals surface area contributed by atoms with Crippen LogP contribution in [0.2, 0.25) is 0 Å². The van der Waals surface area contributed by atoms with Crippen molar-refractivity contribution in [3.05, 3.63) is 59.7 Å². The van der Waals surface area contributed by atoms with E-state index in [0.29, 0.717) is 6.42 Å². The maximum atomic E-state index is 14.0.